The standard InChI is InChI=1S/C15H13N3O4/c19-15(22-12-6-2-1-3-7-12)16-10-11-17(18(20)21)14-9-5-4-8-13(14)16/h1-9H,10-11H2. The molecule has 1 heterocycles. The summed E-state index contributed by atoms with van der Waals surface area (Å²) in [5.41, 5.74) is 0.843. The average Bonchev–Trinajstić information content (AvgIpc) is 2.54. The molecule has 1 aliphatic rings. The number of benzene rings is 2. The van der Waals surface area contributed by atoms with Crippen LogP contribution >= 0.6 is 0 Å². The molecule has 0 bridgehead atoms. The summed E-state index contributed by atoms with van der Waals surface area (Å²) in [5.74, 6) is 0.432. The minimum atomic E-state index is -0.554. The van der Waals surface area contributed by atoms with E-state index in [4.69, 9.17) is 4.74 Å². The second kappa shape index (κ2) is 5.72. The largest absolute Gasteiger partial charge is 0.419 e. The Balaban J connectivity index is 1.87. The van der Waals surface area contributed by atoms with E-state index in [0.29, 0.717) is 17.1 Å². The number of ether oxygens (including phenoxy) is 1. The Kier molecular flexibility index (Phi) is 3.61. The molecule has 112 valence electrons. The van der Waals surface area contributed by atoms with E-state index in [1.807, 2.05) is 6.07 Å². The van der Waals surface area contributed by atoms with Crippen molar-refractivity contribution in [3.63, 3.8) is 0 Å². The lowest BCUT2D eigenvalue weighted by atomic mass is 10.2. The van der Waals surface area contributed by atoms with Gasteiger partial charge in [0, 0.05) is 0 Å². The molecule has 0 spiro atoms. The molecular formula is C15H13N3O4. The van der Waals surface area contributed by atoms with Crippen LogP contribution in [0.5, 0.6) is 5.75 Å². The lowest BCUT2D eigenvalue weighted by Crippen LogP contribution is -2.47. The van der Waals surface area contributed by atoms with Gasteiger partial charge in [-0.05, 0) is 24.3 Å². The second-order valence-corrected chi connectivity index (χ2v) is 4.68. The van der Waals surface area contributed by atoms with Crippen LogP contribution in [0.2, 0.25) is 0 Å². The Labute approximate surface area is 126 Å². The van der Waals surface area contributed by atoms with E-state index in [-0.39, 0.29) is 13.1 Å². The molecule has 0 N–H and O–H groups in total. The molecule has 0 unspecified atom stereocenters. The van der Waals surface area contributed by atoms with Gasteiger partial charge in [-0.15, -0.1) is 0 Å². The Bertz CT molecular complexity index is 705. The van der Waals surface area contributed by atoms with Crippen LogP contribution in [-0.4, -0.2) is 24.2 Å². The number of rotatable bonds is 2. The van der Waals surface area contributed by atoms with Gasteiger partial charge in [0.2, 0.25) is 0 Å². The van der Waals surface area contributed by atoms with Crippen LogP contribution in [0.15, 0.2) is 54.6 Å². The lowest BCUT2D eigenvalue weighted by Gasteiger charge is -2.31. The van der Waals surface area contributed by atoms with Gasteiger partial charge in [0.1, 0.15) is 18.0 Å². The first-order valence-electron chi connectivity index (χ1n) is 6.72. The quantitative estimate of drug-likeness (QED) is 0.629. The third kappa shape index (κ3) is 2.56. The zero-order valence-corrected chi connectivity index (χ0v) is 11.6. The van der Waals surface area contributed by atoms with Crippen molar-refractivity contribution in [1.29, 1.82) is 0 Å². The fraction of sp³-hybridized carbons (Fsp3) is 0.133. The molecule has 0 atom stereocenters. The van der Waals surface area contributed by atoms with Gasteiger partial charge >= 0.3 is 6.09 Å². The number of nitrogens with zero attached hydrogens (tertiary/aromatic N) is 3. The summed E-state index contributed by atoms with van der Waals surface area (Å²) in [6, 6.07) is 15.4. The Hall–Kier alpha value is -3.09. The van der Waals surface area contributed by atoms with E-state index in [1.54, 1.807) is 48.5 Å². The number of nitro groups is 1. The maximum absolute atomic E-state index is 12.3. The third-order valence-corrected chi connectivity index (χ3v) is 3.35. The highest BCUT2D eigenvalue weighted by molar-refractivity contribution is 5.94. The molecule has 2 aromatic carbocycles. The number of carbonyl (C=O) groups excluding carboxylic acids is 1. The molecule has 0 radical (unpaired) electrons. The van der Waals surface area contributed by atoms with Crippen LogP contribution in [0.4, 0.5) is 16.2 Å². The van der Waals surface area contributed by atoms with Crippen molar-refractivity contribution in [1.82, 2.24) is 0 Å². The Morgan fingerprint density at radius 2 is 1.64 bits per heavy atom. The van der Waals surface area contributed by atoms with E-state index in [0.717, 1.165) is 5.01 Å². The number of carbonyl (C=O) groups is 1. The van der Waals surface area contributed by atoms with Crippen LogP contribution in [-0.2, 0) is 0 Å². The van der Waals surface area contributed by atoms with Crippen molar-refractivity contribution in [2.45, 2.75) is 0 Å². The van der Waals surface area contributed by atoms with Crippen molar-refractivity contribution in [2.24, 2.45) is 0 Å². The zero-order valence-electron chi connectivity index (χ0n) is 11.6. The minimum Gasteiger partial charge on any atom is -0.410 e. The Morgan fingerprint density at radius 3 is 2.32 bits per heavy atom. The number of hydrogen-bond donors (Lipinski definition) is 0. The first kappa shape index (κ1) is 13.9. The zero-order chi connectivity index (χ0) is 15.5. The fourth-order valence-corrected chi connectivity index (χ4v) is 2.35. The topological polar surface area (TPSA) is 75.9 Å². The summed E-state index contributed by atoms with van der Waals surface area (Å²) in [4.78, 5) is 24.8. The molecule has 22 heavy (non-hydrogen) atoms. The molecule has 1 aliphatic heterocycles. The predicted molar refractivity (Wildman–Crippen MR) is 80.6 cm³/mol. The number of hydrogen-bond acceptors (Lipinski definition) is 4. The van der Waals surface area contributed by atoms with Gasteiger partial charge in [-0.1, -0.05) is 35.3 Å². The van der Waals surface area contributed by atoms with E-state index >= 15 is 0 Å². The molecule has 0 fully saturated rings. The second-order valence-electron chi connectivity index (χ2n) is 4.68. The number of amides is 1. The Morgan fingerprint density at radius 1 is 1.00 bits per heavy atom. The molecular weight excluding hydrogens is 286 g/mol. The van der Waals surface area contributed by atoms with Crippen LogP contribution in [0, 0.1) is 10.1 Å². The highest BCUT2D eigenvalue weighted by Gasteiger charge is 2.32. The molecule has 0 aromatic heterocycles. The van der Waals surface area contributed by atoms with Gasteiger partial charge in [-0.2, -0.15) is 0 Å². The van der Waals surface area contributed by atoms with E-state index in [9.17, 15) is 14.9 Å². The lowest BCUT2D eigenvalue weighted by molar-refractivity contribution is -0.494. The summed E-state index contributed by atoms with van der Waals surface area (Å²) in [6.07, 6.45) is -0.554. The number of hydrazine groups is 1. The summed E-state index contributed by atoms with van der Waals surface area (Å²) < 4.78 is 5.31. The summed E-state index contributed by atoms with van der Waals surface area (Å²) in [7, 11) is 0. The smallest absolute Gasteiger partial charge is 0.410 e. The van der Waals surface area contributed by atoms with Gasteiger partial charge in [0.05, 0.1) is 12.2 Å². The van der Waals surface area contributed by atoms with Gasteiger partial charge < -0.3 is 4.74 Å². The molecule has 2 aromatic rings. The fourth-order valence-electron chi connectivity index (χ4n) is 2.35. The summed E-state index contributed by atoms with van der Waals surface area (Å²) in [6.45, 7) is 0.289. The SMILES string of the molecule is O=C(Oc1ccccc1)N1CCN([N+](=O)[O-])c2ccccc21. The number of fused-ring (bicyclic) bond motifs is 1. The predicted octanol–water partition coefficient (Wildman–Crippen LogP) is 2.70. The van der Waals surface area contributed by atoms with E-state index < -0.39 is 11.1 Å². The van der Waals surface area contributed by atoms with Crippen LogP contribution in [0.25, 0.3) is 0 Å². The third-order valence-electron chi connectivity index (χ3n) is 3.35. The minimum absolute atomic E-state index is 0.105. The van der Waals surface area contributed by atoms with E-state index in [1.165, 1.54) is 4.90 Å². The monoisotopic (exact) mass is 299 g/mol. The highest BCUT2D eigenvalue weighted by Crippen LogP contribution is 2.33. The number of anilines is 2. The van der Waals surface area contributed by atoms with Crippen LogP contribution < -0.4 is 14.6 Å². The first-order valence-corrected chi connectivity index (χ1v) is 6.72. The molecule has 0 aliphatic carbocycles. The molecule has 3 rings (SSSR count). The van der Waals surface area contributed by atoms with Crippen molar-refractivity contribution >= 4 is 17.5 Å². The molecule has 1 amide bonds. The maximum atomic E-state index is 12.3. The first-order chi connectivity index (χ1) is 10.7. The maximum Gasteiger partial charge on any atom is 0.419 e. The summed E-state index contributed by atoms with van der Waals surface area (Å²) >= 11 is 0. The van der Waals surface area contributed by atoms with Crippen LogP contribution in [0.3, 0.4) is 0 Å². The molecule has 0 saturated heterocycles. The number of para-hydroxylation sites is 3. The van der Waals surface area contributed by atoms with Gasteiger partial charge in [-0.25, -0.2) is 14.9 Å². The van der Waals surface area contributed by atoms with Crippen molar-refractivity contribution < 1.29 is 14.6 Å². The van der Waals surface area contributed by atoms with Crippen molar-refractivity contribution in [3.05, 3.63) is 64.7 Å². The molecule has 0 saturated carbocycles. The molecule has 7 nitrogen and oxygen atoms in total. The van der Waals surface area contributed by atoms with Crippen LogP contribution in [0.1, 0.15) is 0 Å². The highest BCUT2D eigenvalue weighted by atomic mass is 16.7. The van der Waals surface area contributed by atoms with E-state index in [2.05, 4.69) is 0 Å². The van der Waals surface area contributed by atoms with Crippen molar-refractivity contribution in [3.8, 4) is 5.75 Å². The van der Waals surface area contributed by atoms with Gasteiger partial charge in [-0.3, -0.25) is 4.90 Å². The van der Waals surface area contributed by atoms with Gasteiger partial charge in [0.15, 0.2) is 5.03 Å². The normalized spacial score (nSPS) is 13.5. The van der Waals surface area contributed by atoms with Gasteiger partial charge in [0.25, 0.3) is 0 Å². The van der Waals surface area contributed by atoms with Crippen molar-refractivity contribution in [2.75, 3.05) is 23.0 Å². The average molecular weight is 299 g/mol. The summed E-state index contributed by atoms with van der Waals surface area (Å²) in [5, 5.41) is 11.6. The molecule has 7 heteroatoms.